The average molecular weight is 493 g/mol. The molecule has 6 nitrogen and oxygen atoms in total. The molecule has 2 amide bonds. The molecule has 0 saturated heterocycles. The highest BCUT2D eigenvalue weighted by Crippen LogP contribution is 2.18. The predicted octanol–water partition coefficient (Wildman–Crippen LogP) is 3.37. The summed E-state index contributed by atoms with van der Waals surface area (Å²) in [6, 6.07) is 16.5. The topological polar surface area (TPSA) is 83.5 Å². The monoisotopic (exact) mass is 492 g/mol. The van der Waals surface area contributed by atoms with Crippen molar-refractivity contribution in [2.45, 2.75) is 0 Å². The lowest BCUT2D eigenvalue weighted by molar-refractivity contribution is -0.120. The number of benzene rings is 2. The Balaban J connectivity index is 1.57. The first kappa shape index (κ1) is 19.2. The van der Waals surface area contributed by atoms with Gasteiger partial charge >= 0.3 is 0 Å². The lowest BCUT2D eigenvalue weighted by atomic mass is 10.2. The number of aromatic nitrogens is 1. The smallest absolute Gasteiger partial charge is 0.259 e. The van der Waals surface area contributed by atoms with Gasteiger partial charge in [0.1, 0.15) is 5.15 Å². The van der Waals surface area contributed by atoms with E-state index in [4.69, 9.17) is 11.6 Å². The standard InChI is InChI=1S/C19H14ClIN4O2/c20-18-13(9-12-5-1-4-8-16(12)24-18)10-23-25-17(26)11-22-19(27)14-6-2-3-7-15(14)21/h1-10H,11H2,(H,22,27)(H,25,26)/b23-10+. The summed E-state index contributed by atoms with van der Waals surface area (Å²) in [7, 11) is 0. The number of amides is 2. The van der Waals surface area contributed by atoms with Crippen molar-refractivity contribution in [3.63, 3.8) is 0 Å². The van der Waals surface area contributed by atoms with Gasteiger partial charge in [0.05, 0.1) is 23.8 Å². The Kier molecular flexibility index (Phi) is 6.36. The second-order valence-corrected chi connectivity index (χ2v) is 7.04. The molecule has 0 atom stereocenters. The zero-order valence-corrected chi connectivity index (χ0v) is 16.9. The van der Waals surface area contributed by atoms with Gasteiger partial charge in [0.25, 0.3) is 11.8 Å². The maximum absolute atomic E-state index is 12.1. The average Bonchev–Trinajstić information content (AvgIpc) is 2.67. The molecule has 2 N–H and O–H groups in total. The van der Waals surface area contributed by atoms with Gasteiger partial charge in [0, 0.05) is 14.5 Å². The number of carbonyl (C=O) groups excluding carboxylic acids is 2. The highest BCUT2D eigenvalue weighted by Gasteiger charge is 2.10. The third-order valence-electron chi connectivity index (χ3n) is 3.63. The maximum Gasteiger partial charge on any atom is 0.259 e. The summed E-state index contributed by atoms with van der Waals surface area (Å²) in [6.45, 7) is -0.190. The van der Waals surface area contributed by atoms with Crippen molar-refractivity contribution in [3.8, 4) is 0 Å². The van der Waals surface area contributed by atoms with Crippen molar-refractivity contribution in [1.82, 2.24) is 15.7 Å². The normalized spacial score (nSPS) is 10.9. The number of nitrogens with zero attached hydrogens (tertiary/aromatic N) is 2. The number of hydrogen-bond donors (Lipinski definition) is 2. The van der Waals surface area contributed by atoms with E-state index in [1.807, 2.05) is 42.5 Å². The Morgan fingerprint density at radius 1 is 1.15 bits per heavy atom. The molecule has 0 unspecified atom stereocenters. The van der Waals surface area contributed by atoms with Crippen LogP contribution in [0.3, 0.4) is 0 Å². The molecule has 0 aliphatic heterocycles. The summed E-state index contributed by atoms with van der Waals surface area (Å²) in [4.78, 5) is 28.2. The van der Waals surface area contributed by atoms with Gasteiger partial charge < -0.3 is 5.32 Å². The number of hydrogen-bond acceptors (Lipinski definition) is 4. The van der Waals surface area contributed by atoms with Crippen molar-refractivity contribution in [1.29, 1.82) is 0 Å². The fourth-order valence-corrected chi connectivity index (χ4v) is 3.14. The molecular formula is C19H14ClIN4O2. The van der Waals surface area contributed by atoms with E-state index in [2.05, 4.69) is 43.4 Å². The molecule has 0 aliphatic rings. The molecule has 0 bridgehead atoms. The first-order chi connectivity index (χ1) is 13.0. The van der Waals surface area contributed by atoms with Crippen LogP contribution in [0.2, 0.25) is 5.15 Å². The fraction of sp³-hybridized carbons (Fsp3) is 0.0526. The molecule has 0 spiro atoms. The van der Waals surface area contributed by atoms with E-state index in [1.165, 1.54) is 6.21 Å². The van der Waals surface area contributed by atoms with Crippen LogP contribution < -0.4 is 10.7 Å². The summed E-state index contributed by atoms with van der Waals surface area (Å²) >= 11 is 8.20. The van der Waals surface area contributed by atoms with Crippen molar-refractivity contribution in [3.05, 3.63) is 74.4 Å². The first-order valence-electron chi connectivity index (χ1n) is 7.94. The van der Waals surface area contributed by atoms with E-state index in [1.54, 1.807) is 12.1 Å². The number of pyridine rings is 1. The number of rotatable bonds is 5. The Morgan fingerprint density at radius 2 is 1.89 bits per heavy atom. The number of carbonyl (C=O) groups is 2. The molecule has 3 rings (SSSR count). The SMILES string of the molecule is O=C(CNC(=O)c1ccccc1I)N/N=C/c1cc2ccccc2nc1Cl. The Hall–Kier alpha value is -2.52. The van der Waals surface area contributed by atoms with E-state index >= 15 is 0 Å². The van der Waals surface area contributed by atoms with Crippen LogP contribution in [-0.2, 0) is 4.79 Å². The number of nitrogens with one attached hydrogen (secondary N) is 2. The minimum atomic E-state index is -0.449. The van der Waals surface area contributed by atoms with Crippen molar-refractivity contribution < 1.29 is 9.59 Å². The van der Waals surface area contributed by atoms with Gasteiger partial charge in [0.2, 0.25) is 0 Å². The molecule has 8 heteroatoms. The number of hydrazone groups is 1. The summed E-state index contributed by atoms with van der Waals surface area (Å²) < 4.78 is 0.810. The van der Waals surface area contributed by atoms with Crippen molar-refractivity contribution in [2.75, 3.05) is 6.54 Å². The van der Waals surface area contributed by atoms with E-state index in [-0.39, 0.29) is 12.5 Å². The van der Waals surface area contributed by atoms with Crippen LogP contribution in [0.1, 0.15) is 15.9 Å². The molecule has 0 aliphatic carbocycles. The molecular weight excluding hydrogens is 479 g/mol. The highest BCUT2D eigenvalue weighted by atomic mass is 127. The molecule has 136 valence electrons. The van der Waals surface area contributed by atoms with Gasteiger partial charge in [-0.15, -0.1) is 0 Å². The molecule has 3 aromatic rings. The Labute approximate surface area is 174 Å². The van der Waals surface area contributed by atoms with E-state index < -0.39 is 5.91 Å². The Morgan fingerprint density at radius 3 is 2.70 bits per heavy atom. The van der Waals surface area contributed by atoms with Crippen LogP contribution in [-0.4, -0.2) is 29.6 Å². The number of para-hydroxylation sites is 1. The molecule has 2 aromatic carbocycles. The Bertz CT molecular complexity index is 1040. The van der Waals surface area contributed by atoms with Crippen LogP contribution in [0, 0.1) is 3.57 Å². The highest BCUT2D eigenvalue weighted by molar-refractivity contribution is 14.1. The first-order valence-corrected chi connectivity index (χ1v) is 9.40. The second-order valence-electron chi connectivity index (χ2n) is 5.52. The van der Waals surface area contributed by atoms with Crippen LogP contribution in [0.4, 0.5) is 0 Å². The van der Waals surface area contributed by atoms with Gasteiger partial charge in [-0.25, -0.2) is 10.4 Å². The summed E-state index contributed by atoms with van der Waals surface area (Å²) in [5.41, 5.74) is 4.23. The zero-order valence-electron chi connectivity index (χ0n) is 13.9. The van der Waals surface area contributed by atoms with Crippen molar-refractivity contribution in [2.24, 2.45) is 5.10 Å². The number of fused-ring (bicyclic) bond motifs is 1. The maximum atomic E-state index is 12.1. The number of halogens is 2. The van der Waals surface area contributed by atoms with Crippen LogP contribution in [0.15, 0.2) is 59.7 Å². The van der Waals surface area contributed by atoms with Gasteiger partial charge in [0.15, 0.2) is 0 Å². The minimum Gasteiger partial charge on any atom is -0.343 e. The minimum absolute atomic E-state index is 0.190. The van der Waals surface area contributed by atoms with Crippen LogP contribution >= 0.6 is 34.2 Å². The lowest BCUT2D eigenvalue weighted by Gasteiger charge is -2.06. The molecule has 27 heavy (non-hydrogen) atoms. The van der Waals surface area contributed by atoms with E-state index in [0.717, 1.165) is 14.5 Å². The van der Waals surface area contributed by atoms with E-state index in [9.17, 15) is 9.59 Å². The molecule has 1 aromatic heterocycles. The third kappa shape index (κ3) is 5.01. The summed E-state index contributed by atoms with van der Waals surface area (Å²) in [5.74, 6) is -0.767. The largest absolute Gasteiger partial charge is 0.343 e. The summed E-state index contributed by atoms with van der Waals surface area (Å²) in [5, 5.41) is 7.64. The molecule has 0 radical (unpaired) electrons. The van der Waals surface area contributed by atoms with Crippen LogP contribution in [0.5, 0.6) is 0 Å². The zero-order chi connectivity index (χ0) is 19.2. The summed E-state index contributed by atoms with van der Waals surface area (Å²) in [6.07, 6.45) is 1.42. The van der Waals surface area contributed by atoms with Gasteiger partial charge in [-0.3, -0.25) is 9.59 Å². The quantitative estimate of drug-likeness (QED) is 0.248. The second kappa shape index (κ2) is 8.92. The fourth-order valence-electron chi connectivity index (χ4n) is 2.31. The molecule has 0 fully saturated rings. The van der Waals surface area contributed by atoms with Gasteiger partial charge in [-0.1, -0.05) is 41.9 Å². The molecule has 1 heterocycles. The predicted molar refractivity (Wildman–Crippen MR) is 114 cm³/mol. The van der Waals surface area contributed by atoms with Crippen molar-refractivity contribution >= 4 is 63.1 Å². The van der Waals surface area contributed by atoms with E-state index in [0.29, 0.717) is 16.3 Å². The lowest BCUT2D eigenvalue weighted by Crippen LogP contribution is -2.35. The molecule has 0 saturated carbocycles. The van der Waals surface area contributed by atoms with Gasteiger partial charge in [-0.05, 0) is 46.9 Å². The van der Waals surface area contributed by atoms with Crippen LogP contribution in [0.25, 0.3) is 10.9 Å². The third-order valence-corrected chi connectivity index (χ3v) is 4.87. The van der Waals surface area contributed by atoms with Gasteiger partial charge in [-0.2, -0.15) is 5.10 Å².